The first-order valence-electron chi connectivity index (χ1n) is 10.5. The number of nitrogens with one attached hydrogen (secondary N) is 1. The van der Waals surface area contributed by atoms with Gasteiger partial charge in [0.05, 0.1) is 17.1 Å². The number of aromatic nitrogens is 3. The molecule has 0 saturated carbocycles. The molecule has 2 heterocycles. The molecule has 1 N–H and O–H groups in total. The summed E-state index contributed by atoms with van der Waals surface area (Å²) >= 11 is 6.00. The van der Waals surface area contributed by atoms with Crippen LogP contribution in [0.1, 0.15) is 0 Å². The second-order valence-electron chi connectivity index (χ2n) is 7.72. The molecular weight excluding hydrogens is 452 g/mol. The van der Waals surface area contributed by atoms with Crippen molar-refractivity contribution in [2.24, 2.45) is 7.05 Å². The van der Waals surface area contributed by atoms with E-state index in [0.717, 1.165) is 4.57 Å². The number of aryl methyl sites for hydroxylation is 1. The smallest absolute Gasteiger partial charge is 0.341 e. The van der Waals surface area contributed by atoms with Gasteiger partial charge in [0.15, 0.2) is 0 Å². The minimum Gasteiger partial charge on any atom is -0.355 e. The van der Waals surface area contributed by atoms with Crippen molar-refractivity contribution in [3.63, 3.8) is 0 Å². The summed E-state index contributed by atoms with van der Waals surface area (Å²) in [5.74, 6) is 0. The van der Waals surface area contributed by atoms with Gasteiger partial charge in [0.25, 0.3) is 11.1 Å². The number of rotatable bonds is 4. The van der Waals surface area contributed by atoms with Crippen molar-refractivity contribution in [1.82, 2.24) is 13.7 Å². The van der Waals surface area contributed by atoms with Crippen molar-refractivity contribution < 1.29 is 0 Å². The molecule has 0 aliphatic carbocycles. The number of nitrogens with zero attached hydrogens (tertiary/aromatic N) is 3. The van der Waals surface area contributed by atoms with Gasteiger partial charge in [0, 0.05) is 23.8 Å². The summed E-state index contributed by atoms with van der Waals surface area (Å²) in [7, 11) is 1.54. The van der Waals surface area contributed by atoms with Gasteiger partial charge in [-0.1, -0.05) is 48.0 Å². The lowest BCUT2D eigenvalue weighted by Crippen LogP contribution is -2.40. The molecule has 0 atom stereocenters. The molecule has 0 aliphatic rings. The molecule has 5 rings (SSSR count). The Morgan fingerprint density at radius 2 is 1.29 bits per heavy atom. The zero-order valence-electron chi connectivity index (χ0n) is 18.1. The fourth-order valence-electron chi connectivity index (χ4n) is 3.95. The van der Waals surface area contributed by atoms with Crippen molar-refractivity contribution in [3.05, 3.63) is 127 Å². The second kappa shape index (κ2) is 8.53. The van der Waals surface area contributed by atoms with E-state index in [4.69, 9.17) is 11.6 Å². The number of anilines is 2. The Hall–Kier alpha value is -4.36. The van der Waals surface area contributed by atoms with Crippen LogP contribution in [0.5, 0.6) is 0 Å². The second-order valence-corrected chi connectivity index (χ2v) is 8.15. The van der Waals surface area contributed by atoms with Crippen LogP contribution in [0.15, 0.2) is 105 Å². The first-order valence-corrected chi connectivity index (χ1v) is 10.9. The highest BCUT2D eigenvalue weighted by atomic mass is 35.5. The molecule has 0 saturated heterocycles. The van der Waals surface area contributed by atoms with Gasteiger partial charge in [-0.15, -0.1) is 0 Å². The van der Waals surface area contributed by atoms with Crippen molar-refractivity contribution in [3.8, 4) is 11.4 Å². The highest BCUT2D eigenvalue weighted by Crippen LogP contribution is 2.24. The summed E-state index contributed by atoms with van der Waals surface area (Å²) in [6.45, 7) is 0. The quantitative estimate of drug-likeness (QED) is 0.426. The van der Waals surface area contributed by atoms with Crippen LogP contribution in [0.3, 0.4) is 0 Å². The van der Waals surface area contributed by atoms with Crippen LogP contribution in [0.25, 0.3) is 22.4 Å². The average Bonchev–Trinajstić information content (AvgIpc) is 2.85. The molecule has 0 spiro atoms. The summed E-state index contributed by atoms with van der Waals surface area (Å²) in [4.78, 5) is 40.5. The van der Waals surface area contributed by atoms with Gasteiger partial charge < -0.3 is 5.32 Å². The molecule has 7 nitrogen and oxygen atoms in total. The van der Waals surface area contributed by atoms with Gasteiger partial charge in [-0.2, -0.15) is 0 Å². The maximum Gasteiger partial charge on any atom is 0.341 e. The third-order valence-corrected chi connectivity index (χ3v) is 5.82. The molecule has 8 heteroatoms. The van der Waals surface area contributed by atoms with Gasteiger partial charge in [-0.25, -0.2) is 13.9 Å². The first-order chi connectivity index (χ1) is 16.5. The number of fused-ring (bicyclic) bond motifs is 1. The number of hydrogen-bond donors (Lipinski definition) is 1. The van der Waals surface area contributed by atoms with Crippen LogP contribution in [-0.4, -0.2) is 13.7 Å². The van der Waals surface area contributed by atoms with E-state index < -0.39 is 11.2 Å². The lowest BCUT2D eigenvalue weighted by Gasteiger charge is -2.19. The fourth-order valence-corrected chi connectivity index (χ4v) is 4.07. The molecule has 0 aliphatic heterocycles. The zero-order valence-corrected chi connectivity index (χ0v) is 18.9. The maximum absolute atomic E-state index is 13.8. The van der Waals surface area contributed by atoms with Crippen LogP contribution in [0, 0.1) is 0 Å². The van der Waals surface area contributed by atoms with Crippen molar-refractivity contribution in [2.45, 2.75) is 0 Å². The van der Waals surface area contributed by atoms with Gasteiger partial charge in [-0.3, -0.25) is 14.2 Å². The Morgan fingerprint density at radius 1 is 0.735 bits per heavy atom. The third kappa shape index (κ3) is 3.62. The molecule has 5 aromatic rings. The molecule has 2 aromatic heterocycles. The summed E-state index contributed by atoms with van der Waals surface area (Å²) < 4.78 is 3.82. The van der Waals surface area contributed by atoms with Gasteiger partial charge >= 0.3 is 5.69 Å². The Kier molecular flexibility index (Phi) is 5.39. The van der Waals surface area contributed by atoms with E-state index in [1.54, 1.807) is 79.8 Å². The zero-order chi connectivity index (χ0) is 23.8. The summed E-state index contributed by atoms with van der Waals surface area (Å²) in [6, 6.07) is 25.9. The molecule has 34 heavy (non-hydrogen) atoms. The SMILES string of the molecule is Cn1c(=O)cc(Nc2ccc(Cl)cc2)c2c(=O)n(-c3ccccc3)c(=O)n(-c3ccccc3)c21. The van der Waals surface area contributed by atoms with E-state index in [0.29, 0.717) is 27.8 Å². The fraction of sp³-hybridized carbons (Fsp3) is 0.0385. The predicted octanol–water partition coefficient (Wildman–Crippen LogP) is 4.24. The number of benzene rings is 3. The highest BCUT2D eigenvalue weighted by Gasteiger charge is 2.21. The Balaban J connectivity index is 1.95. The van der Waals surface area contributed by atoms with E-state index in [-0.39, 0.29) is 16.6 Å². The van der Waals surface area contributed by atoms with Crippen molar-refractivity contribution >= 4 is 34.0 Å². The summed E-state index contributed by atoms with van der Waals surface area (Å²) in [5, 5.41) is 3.92. The number of halogens is 1. The Labute approximate surface area is 198 Å². The van der Waals surface area contributed by atoms with Crippen LogP contribution < -0.4 is 22.1 Å². The highest BCUT2D eigenvalue weighted by molar-refractivity contribution is 6.30. The lowest BCUT2D eigenvalue weighted by molar-refractivity contribution is 0.784. The van der Waals surface area contributed by atoms with Crippen LogP contribution >= 0.6 is 11.6 Å². The Bertz CT molecular complexity index is 1690. The Morgan fingerprint density at radius 3 is 1.88 bits per heavy atom. The molecule has 3 aromatic carbocycles. The standard InChI is InChI=1S/C26H19ClN4O3/c1-29-22(32)16-21(28-18-14-12-17(27)13-15-18)23-24(29)30(19-8-4-2-5-9-19)26(34)31(25(23)33)20-10-6-3-7-11-20/h2-16,28H,1H3. The number of para-hydroxylation sites is 2. The maximum atomic E-state index is 13.8. The normalized spacial score (nSPS) is 11.0. The van der Waals surface area contributed by atoms with E-state index in [9.17, 15) is 14.4 Å². The summed E-state index contributed by atoms with van der Waals surface area (Å²) in [6.07, 6.45) is 0. The summed E-state index contributed by atoms with van der Waals surface area (Å²) in [5.41, 5.74) is 0.597. The lowest BCUT2D eigenvalue weighted by atomic mass is 10.2. The molecule has 168 valence electrons. The molecular formula is C26H19ClN4O3. The minimum atomic E-state index is -0.575. The largest absolute Gasteiger partial charge is 0.355 e. The average molecular weight is 471 g/mol. The molecule has 0 unspecified atom stereocenters. The van der Waals surface area contributed by atoms with Gasteiger partial charge in [0.1, 0.15) is 11.0 Å². The van der Waals surface area contributed by atoms with E-state index in [1.807, 2.05) is 12.1 Å². The molecule has 0 bridgehead atoms. The van der Waals surface area contributed by atoms with Crippen LogP contribution in [-0.2, 0) is 7.05 Å². The minimum absolute atomic E-state index is 0.192. The van der Waals surface area contributed by atoms with Crippen LogP contribution in [0.4, 0.5) is 11.4 Å². The molecule has 0 radical (unpaired) electrons. The van der Waals surface area contributed by atoms with Crippen molar-refractivity contribution in [1.29, 1.82) is 0 Å². The number of pyridine rings is 1. The van der Waals surface area contributed by atoms with Gasteiger partial charge in [0.2, 0.25) is 0 Å². The molecule has 0 fully saturated rings. The van der Waals surface area contributed by atoms with Gasteiger partial charge in [-0.05, 0) is 48.5 Å². The van der Waals surface area contributed by atoms with E-state index in [1.165, 1.54) is 15.2 Å². The topological polar surface area (TPSA) is 78.0 Å². The number of hydrogen-bond acceptors (Lipinski definition) is 4. The molecule has 0 amide bonds. The van der Waals surface area contributed by atoms with Crippen molar-refractivity contribution in [2.75, 3.05) is 5.32 Å². The monoisotopic (exact) mass is 470 g/mol. The van der Waals surface area contributed by atoms with E-state index >= 15 is 0 Å². The third-order valence-electron chi connectivity index (χ3n) is 5.57. The first kappa shape index (κ1) is 21.5. The predicted molar refractivity (Wildman–Crippen MR) is 135 cm³/mol. The van der Waals surface area contributed by atoms with Crippen LogP contribution in [0.2, 0.25) is 5.02 Å². The van der Waals surface area contributed by atoms with E-state index in [2.05, 4.69) is 5.32 Å².